The fraction of sp³-hybridized carbons (Fsp3) is 1.00. The average Bonchev–Trinajstić information content (AvgIpc) is 2.26. The van der Waals surface area contributed by atoms with Gasteiger partial charge in [0.1, 0.15) is 0 Å². The highest BCUT2D eigenvalue weighted by atomic mass is 32.2. The van der Waals surface area contributed by atoms with Crippen LogP contribution in [0.1, 0.15) is 34.1 Å². The molecule has 3 nitrogen and oxygen atoms in total. The molecule has 0 aromatic heterocycles. The SMILES string of the molecule is CC(C)OCCCNCCN1CCSC(C)(C)C1. The van der Waals surface area contributed by atoms with Gasteiger partial charge < -0.3 is 10.1 Å². The second-order valence-electron chi connectivity index (χ2n) is 5.91. The lowest BCUT2D eigenvalue weighted by atomic mass is 10.2. The van der Waals surface area contributed by atoms with Crippen molar-refractivity contribution in [2.24, 2.45) is 0 Å². The van der Waals surface area contributed by atoms with Gasteiger partial charge in [-0.25, -0.2) is 0 Å². The van der Waals surface area contributed by atoms with Crippen molar-refractivity contribution in [1.82, 2.24) is 10.2 Å². The average molecular weight is 274 g/mol. The summed E-state index contributed by atoms with van der Waals surface area (Å²) in [6.07, 6.45) is 1.47. The van der Waals surface area contributed by atoms with Crippen molar-refractivity contribution in [1.29, 1.82) is 0 Å². The van der Waals surface area contributed by atoms with E-state index < -0.39 is 0 Å². The highest BCUT2D eigenvalue weighted by Crippen LogP contribution is 2.28. The summed E-state index contributed by atoms with van der Waals surface area (Å²) < 4.78 is 5.95. The van der Waals surface area contributed by atoms with Gasteiger partial charge >= 0.3 is 0 Å². The lowest BCUT2D eigenvalue weighted by molar-refractivity contribution is 0.0770. The van der Waals surface area contributed by atoms with Crippen LogP contribution in [0.4, 0.5) is 0 Å². The molecular formula is C14H30N2OS. The minimum absolute atomic E-state index is 0.359. The Balaban J connectivity index is 1.94. The largest absolute Gasteiger partial charge is 0.379 e. The van der Waals surface area contributed by atoms with Crippen LogP contribution < -0.4 is 5.32 Å². The molecule has 1 N–H and O–H groups in total. The van der Waals surface area contributed by atoms with E-state index in [1.165, 1.54) is 25.4 Å². The molecule has 0 amide bonds. The van der Waals surface area contributed by atoms with Crippen LogP contribution in [-0.2, 0) is 4.74 Å². The van der Waals surface area contributed by atoms with E-state index >= 15 is 0 Å². The summed E-state index contributed by atoms with van der Waals surface area (Å²) in [6.45, 7) is 15.5. The third-order valence-corrected chi connectivity index (χ3v) is 4.36. The highest BCUT2D eigenvalue weighted by Gasteiger charge is 2.26. The molecule has 0 aromatic rings. The predicted octanol–water partition coefficient (Wildman–Crippen LogP) is 2.22. The molecule has 1 aliphatic rings. The van der Waals surface area contributed by atoms with Crippen molar-refractivity contribution < 1.29 is 4.74 Å². The van der Waals surface area contributed by atoms with Crippen molar-refractivity contribution >= 4 is 11.8 Å². The van der Waals surface area contributed by atoms with Gasteiger partial charge in [-0.05, 0) is 40.7 Å². The molecule has 0 aliphatic carbocycles. The van der Waals surface area contributed by atoms with E-state index in [2.05, 4.69) is 49.7 Å². The molecule has 1 fully saturated rings. The van der Waals surface area contributed by atoms with Crippen LogP contribution in [0.5, 0.6) is 0 Å². The van der Waals surface area contributed by atoms with Crippen molar-refractivity contribution in [3.8, 4) is 0 Å². The summed E-state index contributed by atoms with van der Waals surface area (Å²) in [4.78, 5) is 2.58. The highest BCUT2D eigenvalue weighted by molar-refractivity contribution is 8.00. The number of nitrogens with zero attached hydrogens (tertiary/aromatic N) is 1. The molecular weight excluding hydrogens is 244 g/mol. The van der Waals surface area contributed by atoms with E-state index in [1.807, 2.05) is 0 Å². The predicted molar refractivity (Wildman–Crippen MR) is 81.6 cm³/mol. The van der Waals surface area contributed by atoms with Crippen LogP contribution in [0.3, 0.4) is 0 Å². The number of ether oxygens (including phenoxy) is 1. The maximum Gasteiger partial charge on any atom is 0.0518 e. The molecule has 1 saturated heterocycles. The molecule has 1 heterocycles. The molecule has 108 valence electrons. The van der Waals surface area contributed by atoms with Crippen LogP contribution in [0.2, 0.25) is 0 Å². The molecule has 0 saturated carbocycles. The Kier molecular flexibility index (Phi) is 7.61. The van der Waals surface area contributed by atoms with Gasteiger partial charge in [0.2, 0.25) is 0 Å². The Morgan fingerprint density at radius 1 is 1.33 bits per heavy atom. The molecule has 1 aliphatic heterocycles. The van der Waals surface area contributed by atoms with E-state index in [0.717, 1.165) is 26.1 Å². The molecule has 1 rings (SSSR count). The minimum atomic E-state index is 0.359. The normalized spacial score (nSPS) is 20.5. The quantitative estimate of drug-likeness (QED) is 0.686. The van der Waals surface area contributed by atoms with Crippen molar-refractivity contribution in [2.45, 2.75) is 45.0 Å². The number of hydrogen-bond acceptors (Lipinski definition) is 4. The van der Waals surface area contributed by atoms with Crippen molar-refractivity contribution in [2.75, 3.05) is 45.1 Å². The van der Waals surface area contributed by atoms with Gasteiger partial charge in [-0.1, -0.05) is 0 Å². The fourth-order valence-corrected chi connectivity index (χ4v) is 3.36. The number of hydrogen-bond donors (Lipinski definition) is 1. The smallest absolute Gasteiger partial charge is 0.0518 e. The number of nitrogens with one attached hydrogen (secondary N) is 1. The van der Waals surface area contributed by atoms with Gasteiger partial charge in [-0.2, -0.15) is 11.8 Å². The standard InChI is InChI=1S/C14H30N2OS/c1-13(2)17-10-5-6-15-7-8-16-9-11-18-14(3,4)12-16/h13,15H,5-12H2,1-4H3. The first-order valence-electron chi connectivity index (χ1n) is 7.18. The topological polar surface area (TPSA) is 24.5 Å². The maximum absolute atomic E-state index is 5.51. The molecule has 0 aromatic carbocycles. The molecule has 0 spiro atoms. The molecule has 18 heavy (non-hydrogen) atoms. The van der Waals surface area contributed by atoms with Gasteiger partial charge in [-0.15, -0.1) is 0 Å². The zero-order chi connectivity index (χ0) is 13.4. The first kappa shape index (κ1) is 16.3. The summed E-state index contributed by atoms with van der Waals surface area (Å²) in [5.41, 5.74) is 0. The second kappa shape index (κ2) is 8.41. The van der Waals surface area contributed by atoms with Gasteiger partial charge in [0.25, 0.3) is 0 Å². The fourth-order valence-electron chi connectivity index (χ4n) is 2.18. The van der Waals surface area contributed by atoms with Gasteiger partial charge in [0, 0.05) is 43.3 Å². The minimum Gasteiger partial charge on any atom is -0.379 e. The summed E-state index contributed by atoms with van der Waals surface area (Å²) >= 11 is 2.10. The number of thioether (sulfide) groups is 1. The van der Waals surface area contributed by atoms with Gasteiger partial charge in [0.15, 0.2) is 0 Å². The van der Waals surface area contributed by atoms with Crippen LogP contribution in [0.15, 0.2) is 0 Å². The van der Waals surface area contributed by atoms with Crippen molar-refractivity contribution in [3.05, 3.63) is 0 Å². The maximum atomic E-state index is 5.51. The van der Waals surface area contributed by atoms with Gasteiger partial charge in [-0.3, -0.25) is 4.90 Å². The molecule has 0 unspecified atom stereocenters. The zero-order valence-corrected chi connectivity index (χ0v) is 13.3. The monoisotopic (exact) mass is 274 g/mol. The van der Waals surface area contributed by atoms with Gasteiger partial charge in [0.05, 0.1) is 6.10 Å². The van der Waals surface area contributed by atoms with E-state index in [1.54, 1.807) is 0 Å². The Labute approximate surface area is 117 Å². The second-order valence-corrected chi connectivity index (χ2v) is 7.71. The summed E-state index contributed by atoms with van der Waals surface area (Å²) in [5, 5.41) is 3.51. The summed E-state index contributed by atoms with van der Waals surface area (Å²) in [7, 11) is 0. The van der Waals surface area contributed by atoms with Crippen LogP contribution in [0, 0.1) is 0 Å². The van der Waals surface area contributed by atoms with E-state index in [9.17, 15) is 0 Å². The first-order chi connectivity index (χ1) is 8.49. The Bertz CT molecular complexity index is 222. The Morgan fingerprint density at radius 3 is 2.78 bits per heavy atom. The third-order valence-electron chi connectivity index (χ3n) is 3.06. The van der Waals surface area contributed by atoms with E-state index in [4.69, 9.17) is 4.74 Å². The lowest BCUT2D eigenvalue weighted by Gasteiger charge is -2.37. The van der Waals surface area contributed by atoms with Crippen LogP contribution in [0.25, 0.3) is 0 Å². The molecule has 0 atom stereocenters. The Hall–Kier alpha value is 0.230. The number of rotatable bonds is 8. The van der Waals surface area contributed by atoms with Crippen LogP contribution in [-0.4, -0.2) is 60.8 Å². The van der Waals surface area contributed by atoms with Crippen molar-refractivity contribution in [3.63, 3.8) is 0 Å². The van der Waals surface area contributed by atoms with E-state index in [0.29, 0.717) is 10.9 Å². The lowest BCUT2D eigenvalue weighted by Crippen LogP contribution is -2.45. The van der Waals surface area contributed by atoms with E-state index in [-0.39, 0.29) is 0 Å². The first-order valence-corrected chi connectivity index (χ1v) is 8.17. The third kappa shape index (κ3) is 7.62. The molecule has 4 heteroatoms. The summed E-state index contributed by atoms with van der Waals surface area (Å²) in [6, 6.07) is 0. The zero-order valence-electron chi connectivity index (χ0n) is 12.5. The Morgan fingerprint density at radius 2 is 2.11 bits per heavy atom. The summed E-state index contributed by atoms with van der Waals surface area (Å²) in [5.74, 6) is 1.27. The van der Waals surface area contributed by atoms with Crippen LogP contribution >= 0.6 is 11.8 Å². The molecule has 0 radical (unpaired) electrons. The molecule has 0 bridgehead atoms.